The van der Waals surface area contributed by atoms with Gasteiger partial charge in [-0.15, -0.1) is 0 Å². The summed E-state index contributed by atoms with van der Waals surface area (Å²) in [5.74, 6) is -0.00850. The normalized spacial score (nSPS) is 10.9. The van der Waals surface area contributed by atoms with Gasteiger partial charge in [0.25, 0.3) is 5.56 Å². The first-order valence-corrected chi connectivity index (χ1v) is 10.0. The van der Waals surface area contributed by atoms with Crippen LogP contribution in [0.3, 0.4) is 0 Å². The van der Waals surface area contributed by atoms with Crippen molar-refractivity contribution in [3.63, 3.8) is 0 Å². The summed E-state index contributed by atoms with van der Waals surface area (Å²) in [7, 11) is 0. The summed E-state index contributed by atoms with van der Waals surface area (Å²) in [5, 5.41) is 8.04. The third-order valence-electron chi connectivity index (χ3n) is 4.36. The van der Waals surface area contributed by atoms with Crippen LogP contribution in [0.2, 0.25) is 0 Å². The molecule has 0 fully saturated rings. The van der Waals surface area contributed by atoms with E-state index in [0.29, 0.717) is 17.4 Å². The Labute approximate surface area is 167 Å². The Morgan fingerprint density at radius 2 is 1.86 bits per heavy atom. The van der Waals surface area contributed by atoms with Crippen molar-refractivity contribution in [1.29, 1.82) is 0 Å². The second kappa shape index (κ2) is 8.43. The first-order valence-electron chi connectivity index (χ1n) is 9.02. The van der Waals surface area contributed by atoms with Gasteiger partial charge in [0.2, 0.25) is 5.91 Å². The lowest BCUT2D eigenvalue weighted by Crippen LogP contribution is -2.18. The smallest absolute Gasteiger partial charge is 0.273 e. The summed E-state index contributed by atoms with van der Waals surface area (Å²) >= 11 is 1.24. The highest BCUT2D eigenvalue weighted by atomic mass is 32.2. The molecule has 0 unspecified atom stereocenters. The summed E-state index contributed by atoms with van der Waals surface area (Å²) in [6.07, 6.45) is 1.69. The Kier molecular flexibility index (Phi) is 5.99. The van der Waals surface area contributed by atoms with Crippen LogP contribution in [0.1, 0.15) is 23.9 Å². The number of nitrogens with one attached hydrogen (secondary N) is 1. The fraction of sp³-hybridized carbons (Fsp3) is 0.300. The van der Waals surface area contributed by atoms with Gasteiger partial charge >= 0.3 is 0 Å². The quantitative estimate of drug-likeness (QED) is 0.511. The molecule has 0 saturated heterocycles. The molecule has 7 nitrogen and oxygen atoms in total. The SMILES string of the molecule is CCn1ccc(=O)nc1SCC(=O)Nc1c(C)nn(-c2ccc(C)cc2)c1C. The number of thioether (sulfide) groups is 1. The van der Waals surface area contributed by atoms with Crippen LogP contribution < -0.4 is 10.9 Å². The Hall–Kier alpha value is -2.87. The number of hydrogen-bond acceptors (Lipinski definition) is 5. The van der Waals surface area contributed by atoms with E-state index in [1.807, 2.05) is 61.2 Å². The number of carbonyl (C=O) groups is 1. The van der Waals surface area contributed by atoms with Gasteiger partial charge in [0.05, 0.1) is 28.5 Å². The maximum Gasteiger partial charge on any atom is 0.273 e. The molecule has 0 bridgehead atoms. The van der Waals surface area contributed by atoms with Crippen molar-refractivity contribution in [3.8, 4) is 5.69 Å². The molecule has 146 valence electrons. The highest BCUT2D eigenvalue weighted by Gasteiger charge is 2.16. The first-order chi connectivity index (χ1) is 13.4. The van der Waals surface area contributed by atoms with Crippen LogP contribution in [0.15, 0.2) is 46.5 Å². The van der Waals surface area contributed by atoms with E-state index in [2.05, 4.69) is 15.4 Å². The summed E-state index contributed by atoms with van der Waals surface area (Å²) in [6.45, 7) is 8.47. The van der Waals surface area contributed by atoms with E-state index >= 15 is 0 Å². The van der Waals surface area contributed by atoms with Crippen molar-refractivity contribution < 1.29 is 4.79 Å². The largest absolute Gasteiger partial charge is 0.328 e. The van der Waals surface area contributed by atoms with E-state index < -0.39 is 0 Å². The Morgan fingerprint density at radius 1 is 1.14 bits per heavy atom. The molecule has 0 radical (unpaired) electrons. The molecular formula is C20H23N5O2S. The standard InChI is InChI=1S/C20H23N5O2S/c1-5-24-11-10-17(26)22-20(24)28-12-18(27)21-19-14(3)23-25(15(19)4)16-8-6-13(2)7-9-16/h6-11H,5,12H2,1-4H3,(H,21,27). The predicted octanol–water partition coefficient (Wildman–Crippen LogP) is 3.10. The zero-order valence-electron chi connectivity index (χ0n) is 16.4. The predicted molar refractivity (Wildman–Crippen MR) is 111 cm³/mol. The molecule has 0 spiro atoms. The van der Waals surface area contributed by atoms with Crippen LogP contribution in [-0.2, 0) is 11.3 Å². The van der Waals surface area contributed by atoms with E-state index in [9.17, 15) is 9.59 Å². The number of anilines is 1. The molecule has 1 amide bonds. The number of rotatable bonds is 6. The average Bonchev–Trinajstić information content (AvgIpc) is 2.95. The molecule has 0 aliphatic carbocycles. The molecule has 0 atom stereocenters. The van der Waals surface area contributed by atoms with Gasteiger partial charge in [-0.1, -0.05) is 29.5 Å². The summed E-state index contributed by atoms with van der Waals surface area (Å²) in [4.78, 5) is 28.0. The van der Waals surface area contributed by atoms with E-state index in [4.69, 9.17) is 0 Å². The lowest BCUT2D eigenvalue weighted by molar-refractivity contribution is -0.113. The van der Waals surface area contributed by atoms with E-state index in [-0.39, 0.29) is 17.2 Å². The Bertz CT molecular complexity index is 1050. The lowest BCUT2D eigenvalue weighted by atomic mass is 10.2. The third-order valence-corrected chi connectivity index (χ3v) is 5.35. The average molecular weight is 398 g/mol. The number of hydrogen-bond donors (Lipinski definition) is 1. The number of aromatic nitrogens is 4. The topological polar surface area (TPSA) is 81.8 Å². The molecule has 1 N–H and O–H groups in total. The van der Waals surface area contributed by atoms with Crippen LogP contribution in [0, 0.1) is 20.8 Å². The molecule has 0 saturated carbocycles. The summed E-state index contributed by atoms with van der Waals surface area (Å²) < 4.78 is 3.66. The second-order valence-electron chi connectivity index (χ2n) is 6.46. The van der Waals surface area contributed by atoms with Crippen LogP contribution in [0.5, 0.6) is 0 Å². The number of amides is 1. The zero-order chi connectivity index (χ0) is 20.3. The molecule has 2 heterocycles. The van der Waals surface area contributed by atoms with Gasteiger partial charge in [0.15, 0.2) is 5.16 Å². The number of nitrogens with zero attached hydrogens (tertiary/aromatic N) is 4. The molecule has 0 aliphatic rings. The molecule has 0 aliphatic heterocycles. The molecule has 8 heteroatoms. The monoisotopic (exact) mass is 397 g/mol. The molecule has 28 heavy (non-hydrogen) atoms. The van der Waals surface area contributed by atoms with Gasteiger partial charge in [0.1, 0.15) is 0 Å². The van der Waals surface area contributed by atoms with Gasteiger partial charge < -0.3 is 9.88 Å². The van der Waals surface area contributed by atoms with Crippen molar-refractivity contribution in [1.82, 2.24) is 19.3 Å². The molecular weight excluding hydrogens is 374 g/mol. The van der Waals surface area contributed by atoms with Gasteiger partial charge in [-0.05, 0) is 39.8 Å². The Balaban J connectivity index is 1.73. The first kappa shape index (κ1) is 19.9. The van der Waals surface area contributed by atoms with Crippen LogP contribution in [0.4, 0.5) is 5.69 Å². The number of carbonyl (C=O) groups excluding carboxylic acids is 1. The molecule has 3 rings (SSSR count). The maximum atomic E-state index is 12.5. The molecule has 2 aromatic heterocycles. The lowest BCUT2D eigenvalue weighted by Gasteiger charge is -2.10. The van der Waals surface area contributed by atoms with Gasteiger partial charge in [-0.25, -0.2) is 4.68 Å². The minimum atomic E-state index is -0.307. The van der Waals surface area contributed by atoms with Crippen LogP contribution in [-0.4, -0.2) is 31.0 Å². The number of benzene rings is 1. The fourth-order valence-corrected chi connectivity index (χ4v) is 3.68. The summed E-state index contributed by atoms with van der Waals surface area (Å²) in [6, 6.07) is 9.48. The van der Waals surface area contributed by atoms with Crippen molar-refractivity contribution >= 4 is 23.4 Å². The number of aryl methyl sites for hydroxylation is 3. The van der Waals surface area contributed by atoms with Gasteiger partial charge in [0, 0.05) is 18.8 Å². The highest BCUT2D eigenvalue weighted by Crippen LogP contribution is 2.24. The van der Waals surface area contributed by atoms with Crippen molar-refractivity contribution in [2.24, 2.45) is 0 Å². The summed E-state index contributed by atoms with van der Waals surface area (Å²) in [5.41, 5.74) is 4.14. The minimum Gasteiger partial charge on any atom is -0.328 e. The van der Waals surface area contributed by atoms with Crippen LogP contribution in [0.25, 0.3) is 5.69 Å². The van der Waals surface area contributed by atoms with Crippen molar-refractivity contribution in [2.75, 3.05) is 11.1 Å². The van der Waals surface area contributed by atoms with Gasteiger partial charge in [-0.3, -0.25) is 9.59 Å². The van der Waals surface area contributed by atoms with E-state index in [0.717, 1.165) is 17.1 Å². The van der Waals surface area contributed by atoms with Crippen molar-refractivity contribution in [2.45, 2.75) is 39.4 Å². The maximum absolute atomic E-state index is 12.5. The van der Waals surface area contributed by atoms with E-state index in [1.165, 1.54) is 23.4 Å². The zero-order valence-corrected chi connectivity index (χ0v) is 17.2. The Morgan fingerprint density at radius 3 is 2.54 bits per heavy atom. The van der Waals surface area contributed by atoms with Crippen LogP contribution >= 0.6 is 11.8 Å². The van der Waals surface area contributed by atoms with Crippen molar-refractivity contribution in [3.05, 3.63) is 63.8 Å². The third kappa shape index (κ3) is 4.33. The fourth-order valence-electron chi connectivity index (χ4n) is 2.84. The molecule has 1 aromatic carbocycles. The molecule has 3 aromatic rings. The highest BCUT2D eigenvalue weighted by molar-refractivity contribution is 7.99. The second-order valence-corrected chi connectivity index (χ2v) is 7.41. The van der Waals surface area contributed by atoms with E-state index in [1.54, 1.807) is 6.20 Å². The minimum absolute atomic E-state index is 0.158. The van der Waals surface area contributed by atoms with Gasteiger partial charge in [-0.2, -0.15) is 10.1 Å².